The minimum absolute atomic E-state index is 0.119. The number of rotatable bonds is 10. The lowest BCUT2D eigenvalue weighted by Crippen LogP contribution is -2.23. The second-order valence-corrected chi connectivity index (χ2v) is 14.4. The number of aromatic nitrogens is 1. The Morgan fingerprint density at radius 2 is 1.64 bits per heavy atom. The molecule has 2 aliphatic rings. The molecule has 4 aromatic carbocycles. The maximum Gasteiger partial charge on any atom is 0.310 e. The molecule has 0 unspecified atom stereocenters. The number of methoxy groups -OCH3 is 2. The van der Waals surface area contributed by atoms with Crippen molar-refractivity contribution in [3.05, 3.63) is 111 Å². The molecule has 9 heteroatoms. The van der Waals surface area contributed by atoms with Crippen molar-refractivity contribution in [1.29, 1.82) is 0 Å². The van der Waals surface area contributed by atoms with Gasteiger partial charge < -0.3 is 19.0 Å². The molecule has 3 heterocycles. The first-order valence-electron chi connectivity index (χ1n) is 18.2. The molecule has 0 spiro atoms. The molecule has 0 saturated carbocycles. The predicted octanol–water partition coefficient (Wildman–Crippen LogP) is 8.38. The number of aliphatic hydroxyl groups excluding tert-OH is 1. The topological polar surface area (TPSA) is 92.6 Å². The minimum Gasteiger partial charge on any atom is -0.496 e. The number of likely N-dealkylation sites (tertiary alicyclic amines) is 2. The van der Waals surface area contributed by atoms with E-state index < -0.39 is 0 Å². The van der Waals surface area contributed by atoms with Crippen LogP contribution >= 0.6 is 0 Å². The van der Waals surface area contributed by atoms with Crippen molar-refractivity contribution in [1.82, 2.24) is 14.8 Å². The van der Waals surface area contributed by atoms with E-state index in [4.69, 9.17) is 25.4 Å². The Morgan fingerprint density at radius 3 is 2.38 bits per heavy atom. The van der Waals surface area contributed by atoms with Gasteiger partial charge >= 0.3 is 5.97 Å². The fraction of sp³-hybridized carbons (Fsp3) is 0.341. The van der Waals surface area contributed by atoms with Gasteiger partial charge in [0.15, 0.2) is 5.58 Å². The van der Waals surface area contributed by atoms with Gasteiger partial charge in [0.2, 0.25) is 11.6 Å². The molecule has 0 amide bonds. The number of esters is 1. The molecular weight excluding hydrogens is 665 g/mol. The molecule has 1 N–H and O–H groups in total. The monoisotopic (exact) mass is 710 g/mol. The van der Waals surface area contributed by atoms with Crippen LogP contribution in [0, 0.1) is 33.3 Å². The summed E-state index contributed by atoms with van der Waals surface area (Å²) >= 11 is 0. The smallest absolute Gasteiger partial charge is 0.310 e. The summed E-state index contributed by atoms with van der Waals surface area (Å²) in [7, 11) is 3.15. The van der Waals surface area contributed by atoms with Gasteiger partial charge in [-0.05, 0) is 109 Å². The number of carbonyl (C=O) groups is 1. The molecule has 9 nitrogen and oxygen atoms in total. The highest BCUT2D eigenvalue weighted by Crippen LogP contribution is 2.38. The molecular formula is C44H46N4O5. The van der Waals surface area contributed by atoms with Crippen LogP contribution in [0.1, 0.15) is 51.8 Å². The first-order chi connectivity index (χ1) is 25.6. The number of aliphatic hydroxyl groups is 1. The number of hydrogen-bond acceptors (Lipinski definition) is 8. The van der Waals surface area contributed by atoms with E-state index in [1.807, 2.05) is 24.3 Å². The Bertz CT molecular complexity index is 2250. The van der Waals surface area contributed by atoms with Gasteiger partial charge in [0.1, 0.15) is 5.75 Å². The van der Waals surface area contributed by atoms with E-state index in [-0.39, 0.29) is 18.0 Å². The van der Waals surface area contributed by atoms with Crippen molar-refractivity contribution < 1.29 is 23.8 Å². The van der Waals surface area contributed by atoms with E-state index >= 15 is 0 Å². The Hall–Kier alpha value is -5.27. The number of hydrogen-bond donors (Lipinski definition) is 1. The lowest BCUT2D eigenvalue weighted by atomic mass is 9.91. The Kier molecular flexibility index (Phi) is 10.5. The van der Waals surface area contributed by atoms with E-state index in [1.165, 1.54) is 12.7 Å². The standard InChI is InChI=1S/C44H46N4O5/c1-27-19-34(25-48-18-16-35(49)26-48)41(51-5)22-32(27)14-13-31-9-7-10-36(28(31)2)37-11-8-12-38(29(37)3)43-46-40-21-30(20-39(45-4)42(40)53-43)23-47-17-15-33(24-47)44(50)52-6/h7-14,19-22,33,35,49H,15-18,23-26H2,1-3,5-6H3/b14-13+/t33-,35-/m1/s1. The van der Waals surface area contributed by atoms with Crippen molar-refractivity contribution in [2.24, 2.45) is 5.92 Å². The highest BCUT2D eigenvalue weighted by atomic mass is 16.5. The fourth-order valence-corrected chi connectivity index (χ4v) is 7.87. The number of aryl methyl sites for hydroxylation is 1. The molecule has 0 radical (unpaired) electrons. The second kappa shape index (κ2) is 15.4. The van der Waals surface area contributed by atoms with Gasteiger partial charge in [0.25, 0.3) is 0 Å². The van der Waals surface area contributed by atoms with Crippen LogP contribution in [0.5, 0.6) is 5.75 Å². The Balaban J connectivity index is 1.14. The maximum atomic E-state index is 12.0. The zero-order valence-electron chi connectivity index (χ0n) is 31.1. The summed E-state index contributed by atoms with van der Waals surface area (Å²) < 4.78 is 17.1. The van der Waals surface area contributed by atoms with Crippen LogP contribution in [0.3, 0.4) is 0 Å². The van der Waals surface area contributed by atoms with Crippen LogP contribution < -0.4 is 4.74 Å². The van der Waals surface area contributed by atoms with Crippen LogP contribution in [0.25, 0.3) is 50.7 Å². The molecule has 2 saturated heterocycles. The van der Waals surface area contributed by atoms with Crippen LogP contribution in [0.15, 0.2) is 65.1 Å². The Morgan fingerprint density at radius 1 is 0.925 bits per heavy atom. The summed E-state index contributed by atoms with van der Waals surface area (Å²) in [5.74, 6) is 1.05. The molecule has 2 atom stereocenters. The van der Waals surface area contributed by atoms with Crippen molar-refractivity contribution in [2.45, 2.75) is 52.8 Å². The van der Waals surface area contributed by atoms with Gasteiger partial charge in [-0.2, -0.15) is 0 Å². The van der Waals surface area contributed by atoms with Gasteiger partial charge in [0.05, 0.1) is 38.3 Å². The van der Waals surface area contributed by atoms with E-state index in [1.54, 1.807) is 7.11 Å². The average molecular weight is 711 g/mol. The number of fused-ring (bicyclic) bond motifs is 1. The summed E-state index contributed by atoms with van der Waals surface area (Å²) in [5.41, 5.74) is 12.3. The average Bonchev–Trinajstić information content (AvgIpc) is 3.91. The normalized spacial score (nSPS) is 17.9. The quantitative estimate of drug-likeness (QED) is 0.0879. The van der Waals surface area contributed by atoms with Crippen LogP contribution in [-0.4, -0.2) is 72.4 Å². The number of benzene rings is 4. The zero-order valence-corrected chi connectivity index (χ0v) is 31.1. The van der Waals surface area contributed by atoms with E-state index in [9.17, 15) is 9.90 Å². The van der Waals surface area contributed by atoms with Gasteiger partial charge in [-0.3, -0.25) is 14.6 Å². The lowest BCUT2D eigenvalue weighted by Gasteiger charge is -2.18. The lowest BCUT2D eigenvalue weighted by molar-refractivity contribution is -0.144. The van der Waals surface area contributed by atoms with E-state index in [2.05, 4.69) is 84.0 Å². The molecule has 0 bridgehead atoms. The van der Waals surface area contributed by atoms with Gasteiger partial charge in [0, 0.05) is 43.9 Å². The second-order valence-electron chi connectivity index (χ2n) is 14.4. The van der Waals surface area contributed by atoms with Gasteiger partial charge in [-0.25, -0.2) is 9.83 Å². The first-order valence-corrected chi connectivity index (χ1v) is 18.2. The SMILES string of the molecule is [C-]#[N+]c1cc(CN2CC[C@@H](C(=O)OC)C2)cc2nc(-c3cccc(-c4cccc(/C=C/c5cc(OC)c(CN6CC[C@@H](O)C6)cc5C)c4C)c3C)oc12. The Labute approximate surface area is 311 Å². The van der Waals surface area contributed by atoms with Gasteiger partial charge in [-0.1, -0.05) is 48.6 Å². The summed E-state index contributed by atoms with van der Waals surface area (Å²) in [6.07, 6.45) is 5.65. The molecule has 7 rings (SSSR count). The number of β-amino-alcohol motifs (C(OH)–C–C–N with tert-alkyl or cyclic N) is 1. The van der Waals surface area contributed by atoms with Gasteiger partial charge in [-0.15, -0.1) is 0 Å². The molecule has 1 aromatic heterocycles. The third kappa shape index (κ3) is 7.49. The number of carbonyl (C=O) groups excluding carboxylic acids is 1. The van der Waals surface area contributed by atoms with Crippen molar-refractivity contribution in [3.63, 3.8) is 0 Å². The maximum absolute atomic E-state index is 12.0. The molecule has 2 aliphatic heterocycles. The number of nitrogens with zero attached hydrogens (tertiary/aromatic N) is 4. The number of ether oxygens (including phenoxy) is 2. The van der Waals surface area contributed by atoms with Crippen molar-refractivity contribution >= 4 is 34.9 Å². The van der Waals surface area contributed by atoms with Crippen molar-refractivity contribution in [2.75, 3.05) is 40.4 Å². The minimum atomic E-state index is -0.250. The highest BCUT2D eigenvalue weighted by molar-refractivity contribution is 5.90. The molecule has 0 aliphatic carbocycles. The summed E-state index contributed by atoms with van der Waals surface area (Å²) in [5, 5.41) is 9.98. The molecule has 272 valence electrons. The zero-order chi connectivity index (χ0) is 37.2. The number of oxazole rings is 1. The molecule has 2 fully saturated rings. The van der Waals surface area contributed by atoms with Crippen LogP contribution in [-0.2, 0) is 22.6 Å². The predicted molar refractivity (Wildman–Crippen MR) is 209 cm³/mol. The fourth-order valence-electron chi connectivity index (χ4n) is 7.87. The molecule has 53 heavy (non-hydrogen) atoms. The van der Waals surface area contributed by atoms with Crippen molar-refractivity contribution in [3.8, 4) is 28.3 Å². The third-order valence-corrected chi connectivity index (χ3v) is 10.8. The van der Waals surface area contributed by atoms with Crippen LogP contribution in [0.2, 0.25) is 0 Å². The largest absolute Gasteiger partial charge is 0.496 e. The summed E-state index contributed by atoms with van der Waals surface area (Å²) in [6.45, 7) is 18.7. The summed E-state index contributed by atoms with van der Waals surface area (Å²) in [4.78, 5) is 25.2. The molecule has 5 aromatic rings. The van der Waals surface area contributed by atoms with E-state index in [0.717, 1.165) is 88.3 Å². The first kappa shape index (κ1) is 36.1. The third-order valence-electron chi connectivity index (χ3n) is 10.8. The van der Waals surface area contributed by atoms with E-state index in [0.29, 0.717) is 42.3 Å². The highest BCUT2D eigenvalue weighted by Gasteiger charge is 2.29. The van der Waals surface area contributed by atoms with Crippen LogP contribution in [0.4, 0.5) is 5.69 Å². The summed E-state index contributed by atoms with van der Waals surface area (Å²) in [6, 6.07) is 20.7.